The fourth-order valence-corrected chi connectivity index (χ4v) is 2.65. The molecule has 0 radical (unpaired) electrons. The third-order valence-electron chi connectivity index (χ3n) is 3.80. The van der Waals surface area contributed by atoms with E-state index >= 15 is 0 Å². The van der Waals surface area contributed by atoms with Crippen molar-refractivity contribution in [3.63, 3.8) is 0 Å². The van der Waals surface area contributed by atoms with Crippen molar-refractivity contribution in [1.29, 1.82) is 0 Å². The number of nitrogens with zero attached hydrogens (tertiary/aromatic N) is 3. The largest absolute Gasteiger partial charge is 0.377 e. The van der Waals surface area contributed by atoms with E-state index in [1.165, 1.54) is 0 Å². The molecular formula is C16H15N5. The van der Waals surface area contributed by atoms with Gasteiger partial charge in [-0.2, -0.15) is 5.10 Å². The quantitative estimate of drug-likeness (QED) is 0.605. The SMILES string of the molecule is Cn1c(CNc2cccc3[nH]ncc23)nc2ccccc21. The Labute approximate surface area is 121 Å². The Morgan fingerprint density at radius 3 is 2.95 bits per heavy atom. The molecule has 0 aliphatic heterocycles. The summed E-state index contributed by atoms with van der Waals surface area (Å²) in [6.07, 6.45) is 1.84. The minimum Gasteiger partial charge on any atom is -0.377 e. The fourth-order valence-electron chi connectivity index (χ4n) is 2.65. The molecule has 5 nitrogen and oxygen atoms in total. The number of rotatable bonds is 3. The van der Waals surface area contributed by atoms with Crippen molar-refractivity contribution in [3.8, 4) is 0 Å². The van der Waals surface area contributed by atoms with E-state index in [4.69, 9.17) is 0 Å². The lowest BCUT2D eigenvalue weighted by molar-refractivity contribution is 0.835. The summed E-state index contributed by atoms with van der Waals surface area (Å²) in [5.41, 5.74) is 4.27. The minimum absolute atomic E-state index is 0.676. The van der Waals surface area contributed by atoms with Crippen molar-refractivity contribution in [2.24, 2.45) is 7.05 Å². The molecule has 0 aliphatic carbocycles. The number of anilines is 1. The van der Waals surface area contributed by atoms with Crippen LogP contribution >= 0.6 is 0 Å². The van der Waals surface area contributed by atoms with E-state index in [0.717, 1.165) is 33.4 Å². The molecule has 2 aromatic heterocycles. The molecule has 4 aromatic rings. The predicted molar refractivity (Wildman–Crippen MR) is 84.1 cm³/mol. The Balaban J connectivity index is 1.66. The van der Waals surface area contributed by atoms with Gasteiger partial charge in [0.1, 0.15) is 5.82 Å². The van der Waals surface area contributed by atoms with Crippen LogP contribution in [0.1, 0.15) is 5.82 Å². The highest BCUT2D eigenvalue weighted by atomic mass is 15.1. The predicted octanol–water partition coefficient (Wildman–Crippen LogP) is 3.06. The van der Waals surface area contributed by atoms with Gasteiger partial charge < -0.3 is 9.88 Å². The molecule has 0 aliphatic rings. The molecule has 2 heterocycles. The van der Waals surface area contributed by atoms with Gasteiger partial charge in [-0.05, 0) is 24.3 Å². The van der Waals surface area contributed by atoms with Crippen LogP contribution in [-0.2, 0) is 13.6 Å². The summed E-state index contributed by atoms with van der Waals surface area (Å²) < 4.78 is 2.12. The number of nitrogens with one attached hydrogen (secondary N) is 2. The van der Waals surface area contributed by atoms with Crippen LogP contribution in [0, 0.1) is 0 Å². The monoisotopic (exact) mass is 277 g/mol. The number of aryl methyl sites for hydroxylation is 1. The molecule has 0 spiro atoms. The molecule has 2 aromatic carbocycles. The van der Waals surface area contributed by atoms with Crippen molar-refractivity contribution in [3.05, 3.63) is 54.5 Å². The number of fused-ring (bicyclic) bond motifs is 2. The molecule has 0 fully saturated rings. The van der Waals surface area contributed by atoms with Crippen molar-refractivity contribution in [2.45, 2.75) is 6.54 Å². The molecular weight excluding hydrogens is 262 g/mol. The number of benzene rings is 2. The van der Waals surface area contributed by atoms with E-state index in [9.17, 15) is 0 Å². The molecule has 0 saturated heterocycles. The minimum atomic E-state index is 0.676. The summed E-state index contributed by atoms with van der Waals surface area (Å²) >= 11 is 0. The summed E-state index contributed by atoms with van der Waals surface area (Å²) in [7, 11) is 2.05. The lowest BCUT2D eigenvalue weighted by Crippen LogP contribution is -2.06. The average molecular weight is 277 g/mol. The fraction of sp³-hybridized carbons (Fsp3) is 0.125. The molecule has 104 valence electrons. The first kappa shape index (κ1) is 12.0. The van der Waals surface area contributed by atoms with Gasteiger partial charge in [0.25, 0.3) is 0 Å². The summed E-state index contributed by atoms with van der Waals surface area (Å²) in [6.45, 7) is 0.676. The number of H-pyrrole nitrogens is 1. The third-order valence-corrected chi connectivity index (χ3v) is 3.80. The standard InChI is InChI=1S/C16H15N5/c1-21-15-8-3-2-5-14(15)19-16(21)10-17-12-6-4-7-13-11(12)9-18-20-13/h2-9,17H,10H2,1H3,(H,18,20). The summed E-state index contributed by atoms with van der Waals surface area (Å²) in [5.74, 6) is 1.01. The van der Waals surface area contributed by atoms with Gasteiger partial charge in [-0.15, -0.1) is 0 Å². The summed E-state index contributed by atoms with van der Waals surface area (Å²) in [6, 6.07) is 14.3. The van der Waals surface area contributed by atoms with Gasteiger partial charge >= 0.3 is 0 Å². The van der Waals surface area contributed by atoms with Crippen LogP contribution in [0.5, 0.6) is 0 Å². The molecule has 0 bridgehead atoms. The maximum Gasteiger partial charge on any atom is 0.128 e. The van der Waals surface area contributed by atoms with E-state index in [-0.39, 0.29) is 0 Å². The second kappa shape index (κ2) is 4.63. The zero-order chi connectivity index (χ0) is 14.2. The lowest BCUT2D eigenvalue weighted by Gasteiger charge is -2.07. The maximum absolute atomic E-state index is 4.67. The van der Waals surface area contributed by atoms with E-state index in [1.54, 1.807) is 0 Å². The lowest BCUT2D eigenvalue weighted by atomic mass is 10.2. The Kier molecular flexibility index (Phi) is 2.64. The van der Waals surface area contributed by atoms with Crippen LogP contribution in [0.15, 0.2) is 48.7 Å². The zero-order valence-corrected chi connectivity index (χ0v) is 11.7. The Bertz CT molecular complexity index is 919. The Hall–Kier alpha value is -2.82. The molecule has 0 saturated carbocycles. The van der Waals surface area contributed by atoms with Gasteiger partial charge in [0.05, 0.1) is 29.3 Å². The van der Waals surface area contributed by atoms with Crippen LogP contribution in [-0.4, -0.2) is 19.7 Å². The molecule has 4 rings (SSSR count). The number of imidazole rings is 1. The number of para-hydroxylation sites is 2. The number of aromatic nitrogens is 4. The number of hydrogen-bond donors (Lipinski definition) is 2. The van der Waals surface area contributed by atoms with Crippen LogP contribution in [0.2, 0.25) is 0 Å². The first-order chi connectivity index (χ1) is 10.3. The van der Waals surface area contributed by atoms with Crippen LogP contribution in [0.4, 0.5) is 5.69 Å². The topological polar surface area (TPSA) is 58.5 Å². The van der Waals surface area contributed by atoms with Gasteiger partial charge in [-0.25, -0.2) is 4.98 Å². The summed E-state index contributed by atoms with van der Waals surface area (Å²) in [5, 5.41) is 11.6. The van der Waals surface area contributed by atoms with Crippen molar-refractivity contribution in [1.82, 2.24) is 19.7 Å². The first-order valence-corrected chi connectivity index (χ1v) is 6.89. The van der Waals surface area contributed by atoms with Crippen molar-refractivity contribution in [2.75, 3.05) is 5.32 Å². The zero-order valence-electron chi connectivity index (χ0n) is 11.7. The summed E-state index contributed by atoms with van der Waals surface area (Å²) in [4.78, 5) is 4.67. The molecule has 0 unspecified atom stereocenters. The molecule has 0 amide bonds. The smallest absolute Gasteiger partial charge is 0.128 e. The van der Waals surface area contributed by atoms with E-state index < -0.39 is 0 Å². The maximum atomic E-state index is 4.67. The normalized spacial score (nSPS) is 11.3. The van der Waals surface area contributed by atoms with Gasteiger partial charge in [-0.1, -0.05) is 18.2 Å². The van der Waals surface area contributed by atoms with E-state index in [0.29, 0.717) is 6.54 Å². The highest BCUT2D eigenvalue weighted by molar-refractivity contribution is 5.90. The second-order valence-corrected chi connectivity index (χ2v) is 5.07. The molecule has 21 heavy (non-hydrogen) atoms. The first-order valence-electron chi connectivity index (χ1n) is 6.89. The third kappa shape index (κ3) is 1.94. The van der Waals surface area contributed by atoms with Crippen molar-refractivity contribution >= 4 is 27.6 Å². The molecule has 2 N–H and O–H groups in total. The van der Waals surface area contributed by atoms with Gasteiger partial charge in [0.15, 0.2) is 0 Å². The van der Waals surface area contributed by atoms with Crippen molar-refractivity contribution < 1.29 is 0 Å². The van der Waals surface area contributed by atoms with Crippen LogP contribution in [0.3, 0.4) is 0 Å². The molecule has 0 atom stereocenters. The van der Waals surface area contributed by atoms with Gasteiger partial charge in [0.2, 0.25) is 0 Å². The van der Waals surface area contributed by atoms with Gasteiger partial charge in [-0.3, -0.25) is 5.10 Å². The van der Waals surface area contributed by atoms with Crippen LogP contribution < -0.4 is 5.32 Å². The number of aromatic amines is 1. The molecule has 5 heteroatoms. The van der Waals surface area contributed by atoms with Gasteiger partial charge in [0, 0.05) is 18.1 Å². The van der Waals surface area contributed by atoms with Crippen LogP contribution in [0.25, 0.3) is 21.9 Å². The number of hydrogen-bond acceptors (Lipinski definition) is 3. The van der Waals surface area contributed by atoms with E-state index in [1.807, 2.05) is 43.6 Å². The highest BCUT2D eigenvalue weighted by Crippen LogP contribution is 2.22. The van der Waals surface area contributed by atoms with E-state index in [2.05, 4.69) is 37.2 Å². The highest BCUT2D eigenvalue weighted by Gasteiger charge is 2.08. The average Bonchev–Trinajstić information content (AvgIpc) is 3.11. The Morgan fingerprint density at radius 1 is 1.14 bits per heavy atom. The Morgan fingerprint density at radius 2 is 2.05 bits per heavy atom. The second-order valence-electron chi connectivity index (χ2n) is 5.07.